The third-order valence-electron chi connectivity index (χ3n) is 1.01. The Kier molecular flexibility index (Phi) is 1.60. The van der Waals surface area contributed by atoms with Crippen molar-refractivity contribution < 1.29 is 10.7 Å². The number of hydrogen-bond acceptors (Lipinski definition) is 6. The molecular weight excluding hydrogens is 220 g/mol. The van der Waals surface area contributed by atoms with Crippen LogP contribution < -0.4 is 0 Å². The molecule has 13 heavy (non-hydrogen) atoms. The third-order valence-corrected chi connectivity index (χ3v) is 4.17. The minimum atomic E-state index is -5.77. The van der Waals surface area contributed by atoms with Gasteiger partial charge in [-0.2, -0.15) is 0 Å². The molecule has 0 radical (unpaired) electrons. The van der Waals surface area contributed by atoms with Gasteiger partial charge in [-0.25, -0.2) is 0 Å². The summed E-state index contributed by atoms with van der Waals surface area (Å²) in [6, 6.07) is 0. The molecule has 0 atom stereocenters. The summed E-state index contributed by atoms with van der Waals surface area (Å²) in [7, 11) is -5.77. The Morgan fingerprint density at radius 1 is 0.462 bits per heavy atom. The van der Waals surface area contributed by atoms with Crippen LogP contribution in [0, 0.1) is 61.4 Å². The van der Waals surface area contributed by atoms with Crippen molar-refractivity contribution >= 4 is 0 Å². The average Bonchev–Trinajstić information content (AvgIpc) is 2.26. The Labute approximate surface area is 72.6 Å². The summed E-state index contributed by atoms with van der Waals surface area (Å²) in [4.78, 5) is 6.00. The summed E-state index contributed by atoms with van der Waals surface area (Å²) in [6.07, 6.45) is 0. The zero-order valence-corrected chi connectivity index (χ0v) is 6.93. The van der Waals surface area contributed by atoms with Gasteiger partial charge in [0, 0.05) is 0 Å². The van der Waals surface area contributed by atoms with Crippen molar-refractivity contribution in [3.8, 4) is 29.8 Å². The Hall–Kier alpha value is -2.54. The molecular formula is C6CuN6. The summed E-state index contributed by atoms with van der Waals surface area (Å²) in [6.45, 7) is 0. The second kappa shape index (κ2) is 1.99. The molecule has 0 saturated carbocycles. The number of nitrogens with zero attached hydrogens (tertiary/aromatic N) is 6. The second-order valence-corrected chi connectivity index (χ2v) is 6.33. The molecule has 0 heterocycles. The normalized spacial score (nSPS) is 13.4. The maximum atomic E-state index is 8.57. The SMILES string of the molecule is N#[C][Cu]([C]#N)([C]#N)([C]#N)([C]#N)[C]#N. The second-order valence-electron chi connectivity index (χ2n) is 1.54. The van der Waals surface area contributed by atoms with Gasteiger partial charge >= 0.3 is 72.1 Å². The Balaban J connectivity index is 6.92. The Morgan fingerprint density at radius 3 is 0.615 bits per heavy atom. The minimum absolute atomic E-state index is 1.00. The molecule has 0 amide bonds. The molecule has 0 aromatic rings. The van der Waals surface area contributed by atoms with E-state index in [9.17, 15) is 0 Å². The van der Waals surface area contributed by atoms with Crippen molar-refractivity contribution in [1.82, 2.24) is 0 Å². The maximum absolute atomic E-state index is 8.57. The van der Waals surface area contributed by atoms with E-state index in [4.69, 9.17) is 31.6 Å². The first-order chi connectivity index (χ1) is 5.97. The van der Waals surface area contributed by atoms with E-state index >= 15 is 0 Å². The van der Waals surface area contributed by atoms with Crippen LogP contribution in [-0.2, 0) is 10.7 Å². The molecule has 6 nitrogen and oxygen atoms in total. The van der Waals surface area contributed by atoms with Gasteiger partial charge in [0.2, 0.25) is 0 Å². The molecule has 0 fully saturated rings. The topological polar surface area (TPSA) is 143 Å². The number of rotatable bonds is 0. The summed E-state index contributed by atoms with van der Waals surface area (Å²) >= 11 is 0. The van der Waals surface area contributed by atoms with Gasteiger partial charge in [0.25, 0.3) is 0 Å². The first kappa shape index (κ1) is 10.5. The Morgan fingerprint density at radius 2 is 0.615 bits per heavy atom. The van der Waals surface area contributed by atoms with Crippen LogP contribution in [-0.4, -0.2) is 0 Å². The molecule has 0 spiro atoms. The molecule has 0 aromatic carbocycles. The van der Waals surface area contributed by atoms with Crippen LogP contribution in [0.25, 0.3) is 0 Å². The molecule has 0 saturated heterocycles. The van der Waals surface area contributed by atoms with Gasteiger partial charge in [0.15, 0.2) is 0 Å². The fraction of sp³-hybridized carbons (Fsp3) is 0. The van der Waals surface area contributed by atoms with Crippen molar-refractivity contribution in [2.45, 2.75) is 0 Å². The van der Waals surface area contributed by atoms with Crippen molar-refractivity contribution in [2.24, 2.45) is 0 Å². The van der Waals surface area contributed by atoms with Gasteiger partial charge in [0.1, 0.15) is 0 Å². The first-order valence-electron chi connectivity index (χ1n) is 2.25. The van der Waals surface area contributed by atoms with Crippen LogP contribution >= 0.6 is 0 Å². The van der Waals surface area contributed by atoms with Crippen molar-refractivity contribution in [3.05, 3.63) is 0 Å². The average molecular weight is 220 g/mol. The van der Waals surface area contributed by atoms with Gasteiger partial charge in [-0.3, -0.25) is 0 Å². The van der Waals surface area contributed by atoms with Crippen LogP contribution in [0.4, 0.5) is 0 Å². The molecule has 0 unspecified atom stereocenters. The molecule has 0 aromatic heterocycles. The molecule has 0 bridgehead atoms. The van der Waals surface area contributed by atoms with Crippen LogP contribution in [0.1, 0.15) is 0 Å². The van der Waals surface area contributed by atoms with E-state index in [-0.39, 0.29) is 0 Å². The van der Waals surface area contributed by atoms with Gasteiger partial charge in [-0.15, -0.1) is 0 Å². The molecule has 0 N–H and O–H groups in total. The van der Waals surface area contributed by atoms with Crippen molar-refractivity contribution in [1.29, 1.82) is 31.6 Å². The van der Waals surface area contributed by atoms with Crippen molar-refractivity contribution in [2.75, 3.05) is 0 Å². The summed E-state index contributed by atoms with van der Waals surface area (Å²) in [5, 5.41) is 51.4. The van der Waals surface area contributed by atoms with Crippen LogP contribution in [0.2, 0.25) is 0 Å². The number of nitriles is 6. The molecule has 0 aliphatic carbocycles. The summed E-state index contributed by atoms with van der Waals surface area (Å²) in [5.74, 6) is 0. The molecule has 0 aliphatic heterocycles. The number of hydrogen-bond donors (Lipinski definition) is 0. The van der Waals surface area contributed by atoms with E-state index in [1.54, 1.807) is 0 Å². The van der Waals surface area contributed by atoms with E-state index in [2.05, 4.69) is 0 Å². The predicted octanol–water partition coefficient (Wildman–Crippen LogP) is 0.0982. The zero-order chi connectivity index (χ0) is 10.7. The van der Waals surface area contributed by atoms with E-state index in [1.807, 2.05) is 0 Å². The van der Waals surface area contributed by atoms with Gasteiger partial charge in [-0.1, -0.05) is 0 Å². The van der Waals surface area contributed by atoms with Gasteiger partial charge in [0.05, 0.1) is 0 Å². The molecule has 7 heteroatoms. The quantitative estimate of drug-likeness (QED) is 0.529. The van der Waals surface area contributed by atoms with E-state index in [0.717, 1.165) is 29.8 Å². The van der Waals surface area contributed by atoms with E-state index in [0.29, 0.717) is 0 Å². The van der Waals surface area contributed by atoms with Gasteiger partial charge in [-0.05, 0) is 0 Å². The third kappa shape index (κ3) is 0.698. The van der Waals surface area contributed by atoms with E-state index in [1.165, 1.54) is 0 Å². The molecule has 0 rings (SSSR count). The first-order valence-corrected chi connectivity index (χ1v) is 5.07. The fourth-order valence-electron chi connectivity index (χ4n) is 0.226. The molecule has 0 aliphatic rings. The summed E-state index contributed by atoms with van der Waals surface area (Å²) < 4.78 is 0. The van der Waals surface area contributed by atoms with E-state index < -0.39 is 10.7 Å². The summed E-state index contributed by atoms with van der Waals surface area (Å²) in [5.41, 5.74) is 0. The monoisotopic (exact) mass is 219 g/mol. The van der Waals surface area contributed by atoms with Crippen molar-refractivity contribution in [3.63, 3.8) is 0 Å². The van der Waals surface area contributed by atoms with Gasteiger partial charge < -0.3 is 0 Å². The molecule has 65 valence electrons. The fourth-order valence-corrected chi connectivity index (χ4v) is 0.932. The Bertz CT molecular complexity index is 387. The predicted molar refractivity (Wildman–Crippen MR) is 33.7 cm³/mol. The van der Waals surface area contributed by atoms with Crippen LogP contribution in [0.15, 0.2) is 0 Å². The van der Waals surface area contributed by atoms with Crippen LogP contribution in [0.3, 0.4) is 0 Å². The van der Waals surface area contributed by atoms with Crippen LogP contribution in [0.5, 0.6) is 0 Å². The standard InChI is InChI=1S/6CN.Cu/c6*1-2;. The zero-order valence-electron chi connectivity index (χ0n) is 5.98.